The number of aromatic nitrogens is 1. The summed E-state index contributed by atoms with van der Waals surface area (Å²) in [4.78, 5) is 0. The standard InChI is InChI=1S/C27H32N/c1-16(2)22-14-26(28(7)15-25(22)17(3)4)27-19(6)9-11-21-23-12-18(5)8-10-20(23)13-24(21)27/h8-12,14-17H,13H2,1-7H3/q+1. The molecule has 1 nitrogen and oxygen atoms in total. The Morgan fingerprint density at radius 2 is 1.54 bits per heavy atom. The Hall–Kier alpha value is -2.41. The highest BCUT2D eigenvalue weighted by atomic mass is 14.9. The van der Waals surface area contributed by atoms with Crippen molar-refractivity contribution in [1.29, 1.82) is 0 Å². The summed E-state index contributed by atoms with van der Waals surface area (Å²) in [5.41, 5.74) is 14.2. The molecule has 0 unspecified atom stereocenters. The zero-order valence-corrected chi connectivity index (χ0v) is 18.4. The number of pyridine rings is 1. The van der Waals surface area contributed by atoms with E-state index in [4.69, 9.17) is 0 Å². The summed E-state index contributed by atoms with van der Waals surface area (Å²) in [5, 5.41) is 0. The summed E-state index contributed by atoms with van der Waals surface area (Å²) < 4.78 is 2.35. The van der Waals surface area contributed by atoms with Crippen molar-refractivity contribution in [3.05, 3.63) is 76.0 Å². The molecule has 1 heterocycles. The first kappa shape index (κ1) is 18.9. The molecule has 1 aliphatic rings. The topological polar surface area (TPSA) is 3.88 Å². The van der Waals surface area contributed by atoms with Crippen molar-refractivity contribution >= 4 is 0 Å². The van der Waals surface area contributed by atoms with E-state index in [1.54, 1.807) is 0 Å². The normalized spacial score (nSPS) is 12.6. The summed E-state index contributed by atoms with van der Waals surface area (Å²) in [6, 6.07) is 14.0. The van der Waals surface area contributed by atoms with Gasteiger partial charge in [-0.2, -0.15) is 0 Å². The molecular formula is C27H32N+. The van der Waals surface area contributed by atoms with Crippen molar-refractivity contribution in [2.45, 2.75) is 59.8 Å². The molecule has 28 heavy (non-hydrogen) atoms. The number of aryl methyl sites for hydroxylation is 3. The van der Waals surface area contributed by atoms with E-state index in [1.165, 1.54) is 55.8 Å². The first-order valence-electron chi connectivity index (χ1n) is 10.5. The van der Waals surface area contributed by atoms with Crippen LogP contribution in [-0.4, -0.2) is 0 Å². The molecule has 1 aromatic heterocycles. The van der Waals surface area contributed by atoms with E-state index in [2.05, 4.69) is 95.8 Å². The van der Waals surface area contributed by atoms with Crippen molar-refractivity contribution in [2.75, 3.05) is 0 Å². The van der Waals surface area contributed by atoms with Gasteiger partial charge < -0.3 is 0 Å². The van der Waals surface area contributed by atoms with Crippen LogP contribution in [0.25, 0.3) is 22.4 Å². The summed E-state index contributed by atoms with van der Waals surface area (Å²) in [5.74, 6) is 1.06. The Morgan fingerprint density at radius 1 is 0.821 bits per heavy atom. The van der Waals surface area contributed by atoms with E-state index in [0.29, 0.717) is 11.8 Å². The molecule has 0 radical (unpaired) electrons. The predicted octanol–water partition coefficient (Wildman–Crippen LogP) is 6.61. The molecule has 0 bridgehead atoms. The third-order valence-corrected chi connectivity index (χ3v) is 6.28. The lowest BCUT2D eigenvalue weighted by Crippen LogP contribution is -2.33. The second-order valence-electron chi connectivity index (χ2n) is 9.11. The van der Waals surface area contributed by atoms with Crippen LogP contribution in [0.2, 0.25) is 0 Å². The third-order valence-electron chi connectivity index (χ3n) is 6.28. The van der Waals surface area contributed by atoms with Gasteiger partial charge in [-0.1, -0.05) is 63.6 Å². The number of hydrogen-bond acceptors (Lipinski definition) is 0. The van der Waals surface area contributed by atoms with Crippen LogP contribution >= 0.6 is 0 Å². The van der Waals surface area contributed by atoms with E-state index in [0.717, 1.165) is 6.42 Å². The maximum absolute atomic E-state index is 2.46. The van der Waals surface area contributed by atoms with Crippen molar-refractivity contribution in [2.24, 2.45) is 7.05 Å². The first-order chi connectivity index (χ1) is 13.3. The van der Waals surface area contributed by atoms with Gasteiger partial charge >= 0.3 is 0 Å². The fraction of sp³-hybridized carbons (Fsp3) is 0.370. The lowest BCUT2D eigenvalue weighted by atomic mass is 9.88. The van der Waals surface area contributed by atoms with Gasteiger partial charge in [0.25, 0.3) is 0 Å². The maximum Gasteiger partial charge on any atom is 0.213 e. The Morgan fingerprint density at radius 3 is 2.21 bits per heavy atom. The molecule has 0 saturated carbocycles. The number of nitrogens with zero attached hydrogens (tertiary/aromatic N) is 1. The van der Waals surface area contributed by atoms with Crippen LogP contribution < -0.4 is 4.57 Å². The van der Waals surface area contributed by atoms with Crippen LogP contribution in [0, 0.1) is 13.8 Å². The Kier molecular flexibility index (Phi) is 4.65. The molecule has 0 saturated heterocycles. The fourth-order valence-corrected chi connectivity index (χ4v) is 4.76. The SMILES string of the molecule is Cc1ccc2c(c1)-c1ccc(C)c(-c3cc(C(C)C)c(C(C)C)c[n+]3C)c1C2. The van der Waals surface area contributed by atoms with Crippen LogP contribution in [0.15, 0.2) is 42.6 Å². The molecule has 0 spiro atoms. The quantitative estimate of drug-likeness (QED) is 0.357. The van der Waals surface area contributed by atoms with Crippen molar-refractivity contribution in [3.63, 3.8) is 0 Å². The first-order valence-corrected chi connectivity index (χ1v) is 10.5. The second-order valence-corrected chi connectivity index (χ2v) is 9.11. The van der Waals surface area contributed by atoms with Crippen LogP contribution in [-0.2, 0) is 13.5 Å². The van der Waals surface area contributed by atoms with Crippen molar-refractivity contribution in [1.82, 2.24) is 0 Å². The minimum atomic E-state index is 0.522. The summed E-state index contributed by atoms with van der Waals surface area (Å²) in [6.07, 6.45) is 3.39. The third kappa shape index (κ3) is 2.98. The largest absolute Gasteiger partial charge is 0.213 e. The minimum Gasteiger partial charge on any atom is -0.201 e. The molecule has 1 aliphatic carbocycles. The number of rotatable bonds is 3. The van der Waals surface area contributed by atoms with Gasteiger partial charge in [-0.3, -0.25) is 0 Å². The van der Waals surface area contributed by atoms with E-state index < -0.39 is 0 Å². The average Bonchev–Trinajstić information content (AvgIpc) is 2.99. The van der Waals surface area contributed by atoms with Crippen molar-refractivity contribution in [3.8, 4) is 22.4 Å². The number of benzene rings is 2. The highest BCUT2D eigenvalue weighted by Gasteiger charge is 2.28. The second kappa shape index (κ2) is 6.88. The van der Waals surface area contributed by atoms with Gasteiger partial charge in [0.15, 0.2) is 6.20 Å². The van der Waals surface area contributed by atoms with Gasteiger partial charge in [-0.05, 0) is 65.5 Å². The van der Waals surface area contributed by atoms with Crippen LogP contribution in [0.4, 0.5) is 0 Å². The Balaban J connectivity index is 1.97. The van der Waals surface area contributed by atoms with E-state index in [-0.39, 0.29) is 0 Å². The molecule has 1 heteroatoms. The molecule has 3 aromatic rings. The van der Waals surface area contributed by atoms with E-state index in [1.807, 2.05) is 0 Å². The molecular weight excluding hydrogens is 338 g/mol. The molecule has 0 fully saturated rings. The van der Waals surface area contributed by atoms with Gasteiger partial charge in [0.2, 0.25) is 5.69 Å². The molecule has 0 atom stereocenters. The van der Waals surface area contributed by atoms with Gasteiger partial charge in [-0.15, -0.1) is 0 Å². The zero-order chi connectivity index (χ0) is 20.2. The lowest BCUT2D eigenvalue weighted by molar-refractivity contribution is -0.661. The maximum atomic E-state index is 2.46. The predicted molar refractivity (Wildman–Crippen MR) is 119 cm³/mol. The zero-order valence-electron chi connectivity index (χ0n) is 18.4. The monoisotopic (exact) mass is 370 g/mol. The van der Waals surface area contributed by atoms with Crippen LogP contribution in [0.3, 0.4) is 0 Å². The molecule has 4 rings (SSSR count). The van der Waals surface area contributed by atoms with Gasteiger partial charge in [0.05, 0.1) is 5.56 Å². The van der Waals surface area contributed by atoms with Gasteiger partial charge in [-0.25, -0.2) is 4.57 Å². The summed E-state index contributed by atoms with van der Waals surface area (Å²) in [7, 11) is 2.20. The average molecular weight is 371 g/mol. The van der Waals surface area contributed by atoms with Crippen molar-refractivity contribution < 1.29 is 4.57 Å². The van der Waals surface area contributed by atoms with Crippen LogP contribution in [0.1, 0.15) is 72.9 Å². The molecule has 0 N–H and O–H groups in total. The molecule has 0 aliphatic heterocycles. The lowest BCUT2D eigenvalue weighted by Gasteiger charge is -2.17. The van der Waals surface area contributed by atoms with Crippen LogP contribution in [0.5, 0.6) is 0 Å². The number of fused-ring (bicyclic) bond motifs is 3. The number of hydrogen-bond donors (Lipinski definition) is 0. The van der Waals surface area contributed by atoms with Gasteiger partial charge in [0, 0.05) is 11.6 Å². The molecule has 144 valence electrons. The van der Waals surface area contributed by atoms with Gasteiger partial charge in [0.1, 0.15) is 7.05 Å². The highest BCUT2D eigenvalue weighted by molar-refractivity contribution is 5.85. The van der Waals surface area contributed by atoms with E-state index >= 15 is 0 Å². The van der Waals surface area contributed by atoms with E-state index in [9.17, 15) is 0 Å². The summed E-state index contributed by atoms with van der Waals surface area (Å²) >= 11 is 0. The fourth-order valence-electron chi connectivity index (χ4n) is 4.76. The molecule has 0 amide bonds. The minimum absolute atomic E-state index is 0.522. The Labute approximate surface area is 170 Å². The molecule has 2 aromatic carbocycles. The Bertz CT molecular complexity index is 1070. The highest BCUT2D eigenvalue weighted by Crippen LogP contribution is 2.43. The summed E-state index contributed by atoms with van der Waals surface area (Å²) in [6.45, 7) is 13.7. The smallest absolute Gasteiger partial charge is 0.201 e.